The van der Waals surface area contributed by atoms with Crippen molar-refractivity contribution in [3.05, 3.63) is 65.8 Å². The van der Waals surface area contributed by atoms with Gasteiger partial charge in [-0.2, -0.15) is 0 Å². The zero-order chi connectivity index (χ0) is 17.1. The van der Waals surface area contributed by atoms with Gasteiger partial charge in [0.05, 0.1) is 6.54 Å². The van der Waals surface area contributed by atoms with E-state index in [4.69, 9.17) is 4.74 Å². The number of rotatable bonds is 4. The highest BCUT2D eigenvalue weighted by molar-refractivity contribution is 7.13. The van der Waals surface area contributed by atoms with E-state index in [1.54, 1.807) is 11.1 Å². The molecule has 4 rings (SSSR count). The van der Waals surface area contributed by atoms with Crippen LogP contribution in [0.25, 0.3) is 10.6 Å². The van der Waals surface area contributed by atoms with Crippen LogP contribution >= 0.6 is 11.3 Å². The summed E-state index contributed by atoms with van der Waals surface area (Å²) in [6.45, 7) is 1.24. The summed E-state index contributed by atoms with van der Waals surface area (Å²) in [5, 5.41) is 2.70. The standard InChI is InChI=1S/C19H17N3O2S/c23-19(16-13-25-18(21-16)14-6-2-1-3-7-14)22-11-9-15(12-22)24-17-8-4-5-10-20-17/h1-8,10,13,15H,9,11-12H2. The van der Waals surface area contributed by atoms with Crippen LogP contribution in [-0.4, -0.2) is 40.0 Å². The van der Waals surface area contributed by atoms with E-state index in [0.717, 1.165) is 17.0 Å². The summed E-state index contributed by atoms with van der Waals surface area (Å²) in [7, 11) is 0. The molecule has 1 atom stereocenters. The molecule has 3 heterocycles. The second-order valence-corrected chi connectivity index (χ2v) is 6.71. The van der Waals surface area contributed by atoms with Crippen LogP contribution in [0.2, 0.25) is 0 Å². The molecular weight excluding hydrogens is 334 g/mol. The smallest absolute Gasteiger partial charge is 0.273 e. The molecule has 0 aliphatic carbocycles. The fraction of sp³-hybridized carbons (Fsp3) is 0.211. The minimum Gasteiger partial charge on any atom is -0.472 e. The Balaban J connectivity index is 1.41. The number of amides is 1. The lowest BCUT2D eigenvalue weighted by molar-refractivity contribution is 0.0766. The van der Waals surface area contributed by atoms with Gasteiger partial charge in [-0.1, -0.05) is 36.4 Å². The quantitative estimate of drug-likeness (QED) is 0.722. The molecule has 1 aromatic carbocycles. The van der Waals surface area contributed by atoms with Crippen LogP contribution < -0.4 is 4.74 Å². The highest BCUT2D eigenvalue weighted by atomic mass is 32.1. The van der Waals surface area contributed by atoms with Crippen molar-refractivity contribution in [3.8, 4) is 16.5 Å². The maximum Gasteiger partial charge on any atom is 0.273 e. The van der Waals surface area contributed by atoms with Crippen molar-refractivity contribution in [1.82, 2.24) is 14.9 Å². The summed E-state index contributed by atoms with van der Waals surface area (Å²) in [5.74, 6) is 0.562. The minimum atomic E-state index is -0.0365. The molecular formula is C19H17N3O2S. The first kappa shape index (κ1) is 15.8. The van der Waals surface area contributed by atoms with Crippen molar-refractivity contribution in [2.45, 2.75) is 12.5 Å². The van der Waals surface area contributed by atoms with Gasteiger partial charge < -0.3 is 9.64 Å². The minimum absolute atomic E-state index is 0.0221. The third-order valence-corrected chi connectivity index (χ3v) is 4.99. The lowest BCUT2D eigenvalue weighted by Crippen LogP contribution is -2.31. The van der Waals surface area contributed by atoms with Gasteiger partial charge in [0, 0.05) is 36.2 Å². The molecule has 0 radical (unpaired) electrons. The molecule has 0 saturated carbocycles. The predicted octanol–water partition coefficient (Wildman–Crippen LogP) is 3.50. The molecule has 25 heavy (non-hydrogen) atoms. The fourth-order valence-electron chi connectivity index (χ4n) is 2.84. The summed E-state index contributed by atoms with van der Waals surface area (Å²) in [5.41, 5.74) is 1.53. The van der Waals surface area contributed by atoms with Crippen LogP contribution in [-0.2, 0) is 0 Å². The number of hydrogen-bond donors (Lipinski definition) is 0. The van der Waals surface area contributed by atoms with Crippen molar-refractivity contribution >= 4 is 17.2 Å². The number of aromatic nitrogens is 2. The lowest BCUT2D eigenvalue weighted by atomic mass is 10.2. The molecule has 0 spiro atoms. The van der Waals surface area contributed by atoms with E-state index < -0.39 is 0 Å². The highest BCUT2D eigenvalue weighted by Crippen LogP contribution is 2.25. The van der Waals surface area contributed by atoms with Gasteiger partial charge in [0.15, 0.2) is 0 Å². The second-order valence-electron chi connectivity index (χ2n) is 5.85. The average Bonchev–Trinajstić information content (AvgIpc) is 3.33. The summed E-state index contributed by atoms with van der Waals surface area (Å²) in [4.78, 5) is 23.2. The third kappa shape index (κ3) is 3.53. The Bertz CT molecular complexity index is 851. The van der Waals surface area contributed by atoms with Gasteiger partial charge in [-0.3, -0.25) is 4.79 Å². The van der Waals surface area contributed by atoms with E-state index in [1.165, 1.54) is 11.3 Å². The van der Waals surface area contributed by atoms with Gasteiger partial charge in [-0.25, -0.2) is 9.97 Å². The van der Waals surface area contributed by atoms with E-state index >= 15 is 0 Å². The van der Waals surface area contributed by atoms with Gasteiger partial charge in [0.1, 0.15) is 16.8 Å². The summed E-state index contributed by atoms with van der Waals surface area (Å²) in [6.07, 6.45) is 2.48. The second kappa shape index (κ2) is 7.03. The number of carbonyl (C=O) groups excluding carboxylic acids is 1. The summed E-state index contributed by atoms with van der Waals surface area (Å²) >= 11 is 1.49. The first-order valence-corrected chi connectivity index (χ1v) is 9.05. The Kier molecular flexibility index (Phi) is 4.43. The topological polar surface area (TPSA) is 55.3 Å². The molecule has 0 N–H and O–H groups in total. The first-order chi connectivity index (χ1) is 12.3. The zero-order valence-electron chi connectivity index (χ0n) is 13.5. The number of pyridine rings is 1. The average molecular weight is 351 g/mol. The van der Waals surface area contributed by atoms with Gasteiger partial charge in [-0.15, -0.1) is 11.3 Å². The number of likely N-dealkylation sites (tertiary alicyclic amines) is 1. The monoisotopic (exact) mass is 351 g/mol. The normalized spacial score (nSPS) is 16.8. The number of benzene rings is 1. The Labute approximate surface area is 149 Å². The van der Waals surface area contributed by atoms with Gasteiger partial charge >= 0.3 is 0 Å². The van der Waals surface area contributed by atoms with E-state index in [2.05, 4.69) is 9.97 Å². The number of carbonyl (C=O) groups is 1. The summed E-state index contributed by atoms with van der Waals surface area (Å²) < 4.78 is 5.84. The van der Waals surface area contributed by atoms with E-state index in [9.17, 15) is 4.79 Å². The number of ether oxygens (including phenoxy) is 1. The number of hydrogen-bond acceptors (Lipinski definition) is 5. The maximum atomic E-state index is 12.7. The van der Waals surface area contributed by atoms with Crippen LogP contribution in [0.4, 0.5) is 0 Å². The first-order valence-electron chi connectivity index (χ1n) is 8.17. The SMILES string of the molecule is O=C(c1csc(-c2ccccc2)n1)N1CCC(Oc2ccccn2)C1. The van der Waals surface area contributed by atoms with Crippen LogP contribution in [0.3, 0.4) is 0 Å². The molecule has 6 heteroatoms. The fourth-order valence-corrected chi connectivity index (χ4v) is 3.64. The molecule has 2 aromatic heterocycles. The van der Waals surface area contributed by atoms with Crippen molar-refractivity contribution in [3.63, 3.8) is 0 Å². The van der Waals surface area contributed by atoms with Crippen molar-refractivity contribution in [2.75, 3.05) is 13.1 Å². The van der Waals surface area contributed by atoms with E-state index in [0.29, 0.717) is 24.7 Å². The van der Waals surface area contributed by atoms with Gasteiger partial charge in [0.25, 0.3) is 5.91 Å². The van der Waals surface area contributed by atoms with Crippen molar-refractivity contribution in [1.29, 1.82) is 0 Å². The van der Waals surface area contributed by atoms with Gasteiger partial charge in [0.2, 0.25) is 5.88 Å². The highest BCUT2D eigenvalue weighted by Gasteiger charge is 2.29. The molecule has 1 fully saturated rings. The molecule has 0 bridgehead atoms. The molecule has 1 amide bonds. The number of nitrogens with zero attached hydrogens (tertiary/aromatic N) is 3. The molecule has 1 saturated heterocycles. The number of thiazole rings is 1. The molecule has 1 aliphatic rings. The largest absolute Gasteiger partial charge is 0.472 e. The Morgan fingerprint density at radius 1 is 1.16 bits per heavy atom. The van der Waals surface area contributed by atoms with E-state index in [1.807, 2.05) is 53.9 Å². The maximum absolute atomic E-state index is 12.7. The van der Waals surface area contributed by atoms with Crippen LogP contribution in [0.5, 0.6) is 5.88 Å². The Hall–Kier alpha value is -2.73. The molecule has 3 aromatic rings. The van der Waals surface area contributed by atoms with Crippen LogP contribution in [0.1, 0.15) is 16.9 Å². The molecule has 1 unspecified atom stereocenters. The van der Waals surface area contributed by atoms with Gasteiger partial charge in [-0.05, 0) is 6.07 Å². The predicted molar refractivity (Wildman–Crippen MR) is 96.7 cm³/mol. The lowest BCUT2D eigenvalue weighted by Gasteiger charge is -2.15. The molecule has 1 aliphatic heterocycles. The Morgan fingerprint density at radius 2 is 2.00 bits per heavy atom. The Morgan fingerprint density at radius 3 is 2.80 bits per heavy atom. The molecule has 126 valence electrons. The van der Waals surface area contributed by atoms with Crippen LogP contribution in [0, 0.1) is 0 Å². The summed E-state index contributed by atoms with van der Waals surface area (Å²) in [6, 6.07) is 15.5. The third-order valence-electron chi connectivity index (χ3n) is 4.10. The van der Waals surface area contributed by atoms with Crippen molar-refractivity contribution < 1.29 is 9.53 Å². The van der Waals surface area contributed by atoms with Crippen LogP contribution in [0.15, 0.2) is 60.1 Å². The molecule has 5 nitrogen and oxygen atoms in total. The van der Waals surface area contributed by atoms with Crippen molar-refractivity contribution in [2.24, 2.45) is 0 Å². The zero-order valence-corrected chi connectivity index (χ0v) is 14.4. The van der Waals surface area contributed by atoms with E-state index in [-0.39, 0.29) is 12.0 Å².